The normalized spacial score (nSPS) is 10.2. The third kappa shape index (κ3) is 3.52. The van der Waals surface area contributed by atoms with Gasteiger partial charge < -0.3 is 19.9 Å². The fourth-order valence-electron chi connectivity index (χ4n) is 2.14. The van der Waals surface area contributed by atoms with Crippen LogP contribution in [0.5, 0.6) is 5.75 Å². The van der Waals surface area contributed by atoms with Crippen LogP contribution in [0.15, 0.2) is 53.2 Å². The van der Waals surface area contributed by atoms with Gasteiger partial charge in [-0.2, -0.15) is 0 Å². The summed E-state index contributed by atoms with van der Waals surface area (Å²) in [4.78, 5) is 16.3. The van der Waals surface area contributed by atoms with Gasteiger partial charge in [-0.25, -0.2) is 0 Å². The molecule has 24 heavy (non-hydrogen) atoms. The Kier molecular flexibility index (Phi) is 4.42. The number of carbonyl (C=O) groups is 1. The number of amides is 1. The number of anilines is 3. The van der Waals surface area contributed by atoms with Crippen molar-refractivity contribution < 1.29 is 14.1 Å². The van der Waals surface area contributed by atoms with Crippen molar-refractivity contribution in [3.8, 4) is 5.75 Å². The van der Waals surface area contributed by atoms with E-state index in [4.69, 9.17) is 9.26 Å². The second kappa shape index (κ2) is 6.82. The molecule has 0 bridgehead atoms. The lowest BCUT2D eigenvalue weighted by atomic mass is 10.2. The number of aryl methyl sites for hydroxylation is 1. The summed E-state index contributed by atoms with van der Waals surface area (Å²) in [6.45, 7) is 1.75. The molecule has 2 heterocycles. The van der Waals surface area contributed by atoms with Crippen molar-refractivity contribution in [2.75, 3.05) is 17.7 Å². The van der Waals surface area contributed by atoms with E-state index in [0.29, 0.717) is 17.3 Å². The van der Waals surface area contributed by atoms with Crippen LogP contribution in [0.25, 0.3) is 0 Å². The molecule has 7 heteroatoms. The van der Waals surface area contributed by atoms with Crippen LogP contribution in [0.2, 0.25) is 0 Å². The van der Waals surface area contributed by atoms with Gasteiger partial charge in [0.05, 0.1) is 12.8 Å². The van der Waals surface area contributed by atoms with Crippen LogP contribution in [0.4, 0.5) is 17.2 Å². The average molecular weight is 324 g/mol. The van der Waals surface area contributed by atoms with Crippen molar-refractivity contribution in [1.29, 1.82) is 0 Å². The van der Waals surface area contributed by atoms with Gasteiger partial charge >= 0.3 is 0 Å². The number of ether oxygens (including phenoxy) is 1. The topological polar surface area (TPSA) is 89.3 Å². The number of carbonyl (C=O) groups excluding carboxylic acids is 1. The van der Waals surface area contributed by atoms with E-state index in [2.05, 4.69) is 20.8 Å². The van der Waals surface area contributed by atoms with E-state index in [0.717, 1.165) is 11.4 Å². The summed E-state index contributed by atoms with van der Waals surface area (Å²) in [6, 6.07) is 12.6. The summed E-state index contributed by atoms with van der Waals surface area (Å²) in [5, 5.41) is 9.57. The van der Waals surface area contributed by atoms with E-state index >= 15 is 0 Å². The maximum Gasteiger partial charge on any atom is 0.275 e. The van der Waals surface area contributed by atoms with Gasteiger partial charge in [-0.3, -0.25) is 9.78 Å². The van der Waals surface area contributed by atoms with E-state index in [9.17, 15) is 4.79 Å². The summed E-state index contributed by atoms with van der Waals surface area (Å²) >= 11 is 0. The van der Waals surface area contributed by atoms with Crippen molar-refractivity contribution in [2.45, 2.75) is 6.92 Å². The third-order valence-electron chi connectivity index (χ3n) is 3.25. The minimum absolute atomic E-state index is 0.260. The molecule has 0 fully saturated rings. The lowest BCUT2D eigenvalue weighted by molar-refractivity contribution is 0.102. The Bertz CT molecular complexity index is 860. The summed E-state index contributed by atoms with van der Waals surface area (Å²) in [6.07, 6.45) is 1.56. The highest BCUT2D eigenvalue weighted by atomic mass is 16.5. The van der Waals surface area contributed by atoms with Crippen molar-refractivity contribution in [3.05, 3.63) is 60.1 Å². The Morgan fingerprint density at radius 3 is 2.79 bits per heavy atom. The second-order valence-electron chi connectivity index (χ2n) is 5.03. The van der Waals surface area contributed by atoms with Crippen LogP contribution in [0, 0.1) is 6.92 Å². The molecule has 1 amide bonds. The molecule has 3 rings (SSSR count). The molecule has 0 aliphatic heterocycles. The Balaban J connectivity index is 1.77. The molecule has 1 aromatic carbocycles. The number of benzene rings is 1. The third-order valence-corrected chi connectivity index (χ3v) is 3.25. The molecule has 7 nitrogen and oxygen atoms in total. The van der Waals surface area contributed by atoms with Crippen molar-refractivity contribution in [2.24, 2.45) is 0 Å². The van der Waals surface area contributed by atoms with Gasteiger partial charge in [-0.05, 0) is 31.2 Å². The molecule has 0 atom stereocenters. The van der Waals surface area contributed by atoms with Gasteiger partial charge in [0.15, 0.2) is 5.82 Å². The summed E-state index contributed by atoms with van der Waals surface area (Å²) in [5.41, 5.74) is 1.77. The van der Waals surface area contributed by atoms with E-state index in [-0.39, 0.29) is 11.6 Å². The standard InChI is InChI=1S/C17H16N4O3/c1-11-9-16(21-24-11)20-17(22)14-10-12(7-8-18-14)19-13-5-3-4-6-15(13)23-2/h3-10H,1-2H3,(H,18,19)(H,20,21,22). The predicted molar refractivity (Wildman–Crippen MR) is 89.7 cm³/mol. The number of hydrogen-bond donors (Lipinski definition) is 2. The number of pyridine rings is 1. The highest BCUT2D eigenvalue weighted by molar-refractivity contribution is 6.02. The van der Waals surface area contributed by atoms with Gasteiger partial charge in [-0.1, -0.05) is 17.3 Å². The van der Waals surface area contributed by atoms with Gasteiger partial charge in [0.1, 0.15) is 17.2 Å². The molecule has 0 aliphatic carbocycles. The van der Waals surface area contributed by atoms with E-state index < -0.39 is 0 Å². The lowest BCUT2D eigenvalue weighted by Gasteiger charge is -2.11. The fourth-order valence-corrected chi connectivity index (χ4v) is 2.14. The SMILES string of the molecule is COc1ccccc1Nc1ccnc(C(=O)Nc2cc(C)on2)c1. The summed E-state index contributed by atoms with van der Waals surface area (Å²) in [5.74, 6) is 1.30. The van der Waals surface area contributed by atoms with E-state index in [1.807, 2.05) is 24.3 Å². The molecule has 2 N–H and O–H groups in total. The highest BCUT2D eigenvalue weighted by Crippen LogP contribution is 2.27. The summed E-state index contributed by atoms with van der Waals surface area (Å²) in [7, 11) is 1.60. The van der Waals surface area contributed by atoms with Crippen molar-refractivity contribution >= 4 is 23.1 Å². The van der Waals surface area contributed by atoms with Crippen LogP contribution in [-0.2, 0) is 0 Å². The van der Waals surface area contributed by atoms with Gasteiger partial charge in [0.25, 0.3) is 5.91 Å². The van der Waals surface area contributed by atoms with Gasteiger partial charge in [0, 0.05) is 18.0 Å². The smallest absolute Gasteiger partial charge is 0.275 e. The quantitative estimate of drug-likeness (QED) is 0.748. The van der Waals surface area contributed by atoms with Crippen LogP contribution in [0.1, 0.15) is 16.2 Å². The summed E-state index contributed by atoms with van der Waals surface area (Å²) < 4.78 is 10.2. The van der Waals surface area contributed by atoms with Crippen molar-refractivity contribution in [3.63, 3.8) is 0 Å². The number of methoxy groups -OCH3 is 1. The lowest BCUT2D eigenvalue weighted by Crippen LogP contribution is -2.14. The number of nitrogens with zero attached hydrogens (tertiary/aromatic N) is 2. The first-order valence-corrected chi connectivity index (χ1v) is 7.26. The van der Waals surface area contributed by atoms with Crippen LogP contribution in [-0.4, -0.2) is 23.2 Å². The molecule has 2 aromatic heterocycles. The van der Waals surface area contributed by atoms with Gasteiger partial charge in [-0.15, -0.1) is 0 Å². The zero-order valence-electron chi connectivity index (χ0n) is 13.2. The molecule has 0 aliphatic rings. The number of nitrogens with one attached hydrogen (secondary N) is 2. The zero-order chi connectivity index (χ0) is 16.9. The molecule has 122 valence electrons. The largest absolute Gasteiger partial charge is 0.495 e. The zero-order valence-corrected chi connectivity index (χ0v) is 13.2. The Morgan fingerprint density at radius 1 is 1.21 bits per heavy atom. The Labute approximate surface area is 138 Å². The molecule has 0 radical (unpaired) electrons. The number of para-hydroxylation sites is 2. The second-order valence-corrected chi connectivity index (χ2v) is 5.03. The first-order chi connectivity index (χ1) is 11.7. The molecular formula is C17H16N4O3. The van der Waals surface area contributed by atoms with Crippen LogP contribution < -0.4 is 15.4 Å². The monoisotopic (exact) mass is 324 g/mol. The number of aromatic nitrogens is 2. The first kappa shape index (κ1) is 15.5. The predicted octanol–water partition coefficient (Wildman–Crippen LogP) is 3.38. The molecule has 0 unspecified atom stereocenters. The molecular weight excluding hydrogens is 308 g/mol. The number of hydrogen-bond acceptors (Lipinski definition) is 6. The van der Waals surface area contributed by atoms with Crippen LogP contribution in [0.3, 0.4) is 0 Å². The minimum Gasteiger partial charge on any atom is -0.495 e. The van der Waals surface area contributed by atoms with E-state index in [1.54, 1.807) is 38.4 Å². The number of rotatable bonds is 5. The first-order valence-electron chi connectivity index (χ1n) is 7.26. The molecule has 0 saturated carbocycles. The molecule has 3 aromatic rings. The Morgan fingerprint density at radius 2 is 2.04 bits per heavy atom. The van der Waals surface area contributed by atoms with Crippen molar-refractivity contribution in [1.82, 2.24) is 10.1 Å². The fraction of sp³-hybridized carbons (Fsp3) is 0.118. The van der Waals surface area contributed by atoms with Crippen LogP contribution >= 0.6 is 0 Å². The molecule has 0 saturated heterocycles. The average Bonchev–Trinajstić information content (AvgIpc) is 3.00. The molecule has 0 spiro atoms. The van der Waals surface area contributed by atoms with Gasteiger partial charge in [0.2, 0.25) is 0 Å². The minimum atomic E-state index is -0.369. The maximum atomic E-state index is 12.2. The Hall–Kier alpha value is -3.35. The van der Waals surface area contributed by atoms with E-state index in [1.165, 1.54) is 0 Å². The maximum absolute atomic E-state index is 12.2. The highest BCUT2D eigenvalue weighted by Gasteiger charge is 2.11.